The molecule has 0 N–H and O–H groups in total. The number of halogens is 2. The lowest BCUT2D eigenvalue weighted by molar-refractivity contribution is 0.104. The molecule has 1 heterocycles. The average molecular weight is 380 g/mol. The van der Waals surface area contributed by atoms with Crippen molar-refractivity contribution in [3.8, 4) is 11.8 Å². The largest absolute Gasteiger partial charge is 0.288 e. The second kappa shape index (κ2) is 7.56. The van der Waals surface area contributed by atoms with Crippen molar-refractivity contribution in [2.75, 3.05) is 0 Å². The van der Waals surface area contributed by atoms with E-state index in [4.69, 9.17) is 11.6 Å². The van der Waals surface area contributed by atoms with E-state index in [2.05, 4.69) is 5.10 Å². The van der Waals surface area contributed by atoms with E-state index in [1.807, 2.05) is 13.0 Å². The monoisotopic (exact) mass is 379 g/mol. The Bertz CT molecular complexity index is 1070. The predicted molar refractivity (Wildman–Crippen MR) is 102 cm³/mol. The fourth-order valence-corrected chi connectivity index (χ4v) is 2.87. The highest BCUT2D eigenvalue weighted by atomic mass is 35.5. The van der Waals surface area contributed by atoms with Crippen molar-refractivity contribution in [3.05, 3.63) is 87.5 Å². The Hall–Kier alpha value is -3.23. The molecule has 27 heavy (non-hydrogen) atoms. The number of nitrogens with zero attached hydrogens (tertiary/aromatic N) is 3. The van der Waals surface area contributed by atoms with Crippen molar-refractivity contribution in [1.29, 1.82) is 5.26 Å². The van der Waals surface area contributed by atoms with E-state index in [0.29, 0.717) is 27.5 Å². The number of carbonyl (C=O) groups excluding carboxylic acids is 1. The molecule has 0 aliphatic heterocycles. The Labute approximate surface area is 161 Å². The number of carbonyl (C=O) groups is 1. The van der Waals surface area contributed by atoms with Gasteiger partial charge >= 0.3 is 0 Å². The number of nitriles is 1. The molecule has 0 amide bonds. The van der Waals surface area contributed by atoms with Gasteiger partial charge in [0.05, 0.1) is 11.4 Å². The summed E-state index contributed by atoms with van der Waals surface area (Å²) in [6, 6.07) is 14.3. The highest BCUT2D eigenvalue weighted by molar-refractivity contribution is 6.30. The van der Waals surface area contributed by atoms with Crippen LogP contribution in [0.1, 0.15) is 27.3 Å². The van der Waals surface area contributed by atoms with Crippen LogP contribution >= 0.6 is 11.6 Å². The van der Waals surface area contributed by atoms with E-state index in [-0.39, 0.29) is 17.2 Å². The lowest BCUT2D eigenvalue weighted by Crippen LogP contribution is -2.02. The maximum Gasteiger partial charge on any atom is 0.203 e. The first kappa shape index (κ1) is 18.6. The molecule has 134 valence electrons. The smallest absolute Gasteiger partial charge is 0.203 e. The van der Waals surface area contributed by atoms with Crippen molar-refractivity contribution in [1.82, 2.24) is 9.78 Å². The zero-order valence-electron chi connectivity index (χ0n) is 14.7. The molecule has 3 aromatic rings. The number of benzene rings is 2. The molecule has 3 rings (SSSR count). The summed E-state index contributed by atoms with van der Waals surface area (Å²) in [6.07, 6.45) is 1.54. The minimum absolute atomic E-state index is 0.00202. The van der Waals surface area contributed by atoms with Crippen LogP contribution in [0.4, 0.5) is 4.39 Å². The Morgan fingerprint density at radius 2 is 1.78 bits per heavy atom. The van der Waals surface area contributed by atoms with Gasteiger partial charge in [0, 0.05) is 21.8 Å². The fourth-order valence-electron chi connectivity index (χ4n) is 2.75. The molecule has 0 aliphatic carbocycles. The van der Waals surface area contributed by atoms with Gasteiger partial charge in [-0.15, -0.1) is 0 Å². The molecule has 0 spiro atoms. The highest BCUT2D eigenvalue weighted by Gasteiger charge is 2.16. The maximum absolute atomic E-state index is 13.2. The molecule has 0 unspecified atom stereocenters. The third-order valence-electron chi connectivity index (χ3n) is 4.18. The molecule has 0 radical (unpaired) electrons. The third kappa shape index (κ3) is 3.81. The van der Waals surface area contributed by atoms with Crippen molar-refractivity contribution in [3.63, 3.8) is 0 Å². The molecule has 0 atom stereocenters. The van der Waals surface area contributed by atoms with Gasteiger partial charge in [0.15, 0.2) is 0 Å². The summed E-state index contributed by atoms with van der Waals surface area (Å²) < 4.78 is 14.8. The first-order valence-electron chi connectivity index (χ1n) is 8.15. The minimum Gasteiger partial charge on any atom is -0.288 e. The second-order valence-corrected chi connectivity index (χ2v) is 6.41. The molecule has 1 aromatic heterocycles. The maximum atomic E-state index is 13.2. The highest BCUT2D eigenvalue weighted by Crippen LogP contribution is 2.22. The Balaban J connectivity index is 2.02. The zero-order valence-corrected chi connectivity index (χ0v) is 15.5. The van der Waals surface area contributed by atoms with E-state index in [0.717, 1.165) is 5.69 Å². The quantitative estimate of drug-likeness (QED) is 0.361. The number of rotatable bonds is 4. The molecule has 2 aromatic carbocycles. The van der Waals surface area contributed by atoms with Gasteiger partial charge in [-0.1, -0.05) is 11.6 Å². The van der Waals surface area contributed by atoms with Gasteiger partial charge in [-0.05, 0) is 68.5 Å². The Morgan fingerprint density at radius 1 is 1.15 bits per heavy atom. The number of hydrogen-bond acceptors (Lipinski definition) is 3. The molecule has 4 nitrogen and oxygen atoms in total. The van der Waals surface area contributed by atoms with E-state index in [9.17, 15) is 14.4 Å². The Kier molecular flexibility index (Phi) is 5.20. The summed E-state index contributed by atoms with van der Waals surface area (Å²) in [5, 5.41) is 14.4. The van der Waals surface area contributed by atoms with Crippen molar-refractivity contribution >= 4 is 23.5 Å². The summed E-state index contributed by atoms with van der Waals surface area (Å²) >= 11 is 5.85. The van der Waals surface area contributed by atoms with Crippen LogP contribution in [0.3, 0.4) is 0 Å². The third-order valence-corrected chi connectivity index (χ3v) is 4.43. The van der Waals surface area contributed by atoms with Crippen LogP contribution in [-0.4, -0.2) is 15.6 Å². The van der Waals surface area contributed by atoms with Crippen LogP contribution in [0, 0.1) is 31.0 Å². The zero-order chi connectivity index (χ0) is 19.6. The molecule has 0 fully saturated rings. The lowest BCUT2D eigenvalue weighted by atomic mass is 10.0. The van der Waals surface area contributed by atoms with Gasteiger partial charge in [-0.25, -0.2) is 9.07 Å². The van der Waals surface area contributed by atoms with Crippen molar-refractivity contribution in [2.45, 2.75) is 13.8 Å². The summed E-state index contributed by atoms with van der Waals surface area (Å²) in [4.78, 5) is 12.6. The van der Waals surface area contributed by atoms with Gasteiger partial charge in [0.25, 0.3) is 0 Å². The standard InChI is InChI=1S/C21H15ClFN3O/c1-13-20(14(2)26(25-13)19-9-7-18(23)8-10-19)11-16(12-24)21(27)15-3-5-17(22)6-4-15/h3-11H,1-2H3/b16-11+. The first-order chi connectivity index (χ1) is 12.9. The Morgan fingerprint density at radius 3 is 2.37 bits per heavy atom. The predicted octanol–water partition coefficient (Wildman–Crippen LogP) is 5.07. The topological polar surface area (TPSA) is 58.7 Å². The van der Waals surface area contributed by atoms with E-state index < -0.39 is 0 Å². The van der Waals surface area contributed by atoms with Crippen LogP contribution in [0.2, 0.25) is 5.02 Å². The minimum atomic E-state index is -0.387. The average Bonchev–Trinajstić information content (AvgIpc) is 2.94. The number of allylic oxidation sites excluding steroid dienone is 1. The molecule has 0 saturated heterocycles. The van der Waals surface area contributed by atoms with Crippen molar-refractivity contribution < 1.29 is 9.18 Å². The number of aryl methyl sites for hydroxylation is 1. The van der Waals surface area contributed by atoms with Crippen LogP contribution in [-0.2, 0) is 0 Å². The molecule has 0 saturated carbocycles. The number of ketones is 1. The molecule has 0 bridgehead atoms. The SMILES string of the molecule is Cc1nn(-c2ccc(F)cc2)c(C)c1/C=C(\C#N)C(=O)c1ccc(Cl)cc1. The second-order valence-electron chi connectivity index (χ2n) is 5.98. The van der Waals surface area contributed by atoms with Crippen LogP contribution < -0.4 is 0 Å². The van der Waals surface area contributed by atoms with Gasteiger partial charge in [0.2, 0.25) is 5.78 Å². The lowest BCUT2D eigenvalue weighted by Gasteiger charge is -2.04. The van der Waals surface area contributed by atoms with Crippen LogP contribution in [0.5, 0.6) is 0 Å². The normalized spacial score (nSPS) is 11.3. The molecular weight excluding hydrogens is 365 g/mol. The molecule has 6 heteroatoms. The fraction of sp³-hybridized carbons (Fsp3) is 0.0952. The molecular formula is C21H15ClFN3O. The number of aromatic nitrogens is 2. The van der Waals surface area contributed by atoms with Gasteiger partial charge < -0.3 is 0 Å². The number of hydrogen-bond donors (Lipinski definition) is 0. The van der Waals surface area contributed by atoms with E-state index in [1.165, 1.54) is 18.2 Å². The van der Waals surface area contributed by atoms with E-state index >= 15 is 0 Å². The summed E-state index contributed by atoms with van der Waals surface area (Å²) in [7, 11) is 0. The van der Waals surface area contributed by atoms with Gasteiger partial charge in [0.1, 0.15) is 17.5 Å². The van der Waals surface area contributed by atoms with Gasteiger partial charge in [-0.2, -0.15) is 10.4 Å². The van der Waals surface area contributed by atoms with Crippen LogP contribution in [0.15, 0.2) is 54.1 Å². The summed E-state index contributed by atoms with van der Waals surface area (Å²) in [5.74, 6) is -0.719. The molecule has 0 aliphatic rings. The number of Topliss-reactive ketones (excluding diaryl/α,β-unsaturated/α-hetero) is 1. The van der Waals surface area contributed by atoms with E-state index in [1.54, 1.807) is 48.0 Å². The van der Waals surface area contributed by atoms with Crippen LogP contribution in [0.25, 0.3) is 11.8 Å². The summed E-state index contributed by atoms with van der Waals surface area (Å²) in [6.45, 7) is 3.62. The van der Waals surface area contributed by atoms with Gasteiger partial charge in [-0.3, -0.25) is 4.79 Å². The van der Waals surface area contributed by atoms with Crippen molar-refractivity contribution in [2.24, 2.45) is 0 Å². The first-order valence-corrected chi connectivity index (χ1v) is 8.52. The summed E-state index contributed by atoms with van der Waals surface area (Å²) in [5.41, 5.74) is 3.16.